The maximum absolute atomic E-state index is 13.2. The molecule has 1 aromatic carbocycles. The number of carbonyl (C=O) groups is 1. The highest BCUT2D eigenvalue weighted by atomic mass is 19.3. The second-order valence-electron chi connectivity index (χ2n) is 6.21. The summed E-state index contributed by atoms with van der Waals surface area (Å²) in [6.45, 7) is 3.03. The number of rotatable bonds is 6. The fourth-order valence-electron chi connectivity index (χ4n) is 2.44. The summed E-state index contributed by atoms with van der Waals surface area (Å²) >= 11 is 0. The zero-order valence-corrected chi connectivity index (χ0v) is 14.9. The van der Waals surface area contributed by atoms with Crippen molar-refractivity contribution in [3.8, 4) is 0 Å². The van der Waals surface area contributed by atoms with Gasteiger partial charge in [-0.05, 0) is 30.2 Å². The summed E-state index contributed by atoms with van der Waals surface area (Å²) in [6, 6.07) is 10.3. The average Bonchev–Trinajstić information content (AvgIpc) is 3.24. The first-order chi connectivity index (χ1) is 12.8. The summed E-state index contributed by atoms with van der Waals surface area (Å²) < 4.78 is 38.2. The fourth-order valence-corrected chi connectivity index (χ4v) is 2.44. The van der Waals surface area contributed by atoms with Gasteiger partial charge in [-0.1, -0.05) is 24.3 Å². The summed E-state index contributed by atoms with van der Waals surface area (Å²) in [6.07, 6.45) is 2.39. The molecule has 1 amide bonds. The molecule has 0 aliphatic rings. The number of aryl methyl sites for hydroxylation is 1. The van der Waals surface area contributed by atoms with E-state index in [0.29, 0.717) is 11.4 Å². The lowest BCUT2D eigenvalue weighted by molar-refractivity contribution is -0.00636. The number of hydrogen-bond donors (Lipinski definition) is 1. The first-order valence-electron chi connectivity index (χ1n) is 8.29. The first kappa shape index (κ1) is 18.6. The van der Waals surface area contributed by atoms with E-state index in [1.54, 1.807) is 6.20 Å². The Morgan fingerprint density at radius 1 is 1.30 bits per heavy atom. The molecule has 0 bridgehead atoms. The number of furan rings is 1. The van der Waals surface area contributed by atoms with Gasteiger partial charge in [0, 0.05) is 13.1 Å². The number of benzene rings is 1. The molecule has 0 saturated carbocycles. The van der Waals surface area contributed by atoms with Gasteiger partial charge in [0.2, 0.25) is 0 Å². The molecule has 27 heavy (non-hydrogen) atoms. The zero-order valence-electron chi connectivity index (χ0n) is 14.9. The molecule has 0 radical (unpaired) electrons. The maximum atomic E-state index is 13.2. The molecule has 0 atom stereocenters. The van der Waals surface area contributed by atoms with Crippen LogP contribution in [0.15, 0.2) is 53.2 Å². The normalized spacial score (nSPS) is 11.4. The van der Waals surface area contributed by atoms with E-state index < -0.39 is 17.8 Å². The molecule has 0 aliphatic carbocycles. The number of nitrogens with one attached hydrogen (secondary N) is 1. The van der Waals surface area contributed by atoms with E-state index in [-0.39, 0.29) is 13.2 Å². The van der Waals surface area contributed by atoms with Gasteiger partial charge < -0.3 is 9.15 Å². The van der Waals surface area contributed by atoms with Crippen molar-refractivity contribution in [3.63, 3.8) is 0 Å². The zero-order chi connectivity index (χ0) is 19.4. The van der Waals surface area contributed by atoms with E-state index in [1.165, 1.54) is 23.0 Å². The standard InChI is InChI=1S/C19H19F2N3O3/c1-13-5-3-4-6-14(13)12-26-18(25)23-15-9-22-24(10-15)11-16-7-8-17(27-16)19(2,20)21/h3-10H,11-12H2,1-2H3,(H,23,25). The second-order valence-corrected chi connectivity index (χ2v) is 6.21. The van der Waals surface area contributed by atoms with Crippen LogP contribution in [0.5, 0.6) is 0 Å². The molecule has 2 heterocycles. The van der Waals surface area contributed by atoms with E-state index in [9.17, 15) is 13.6 Å². The summed E-state index contributed by atoms with van der Waals surface area (Å²) in [5, 5.41) is 6.64. The molecule has 0 fully saturated rings. The Balaban J connectivity index is 1.54. The average molecular weight is 375 g/mol. The Labute approximate surface area is 154 Å². The van der Waals surface area contributed by atoms with Crippen LogP contribution in [0.2, 0.25) is 0 Å². The van der Waals surface area contributed by atoms with Crippen LogP contribution in [0.25, 0.3) is 0 Å². The number of amides is 1. The molecular formula is C19H19F2N3O3. The largest absolute Gasteiger partial charge is 0.458 e. The number of anilines is 1. The summed E-state index contributed by atoms with van der Waals surface area (Å²) in [5.41, 5.74) is 2.38. The quantitative estimate of drug-likeness (QED) is 0.678. The number of aromatic nitrogens is 2. The van der Waals surface area contributed by atoms with Crippen LogP contribution in [0.3, 0.4) is 0 Å². The number of carbonyl (C=O) groups excluding carboxylic acids is 1. The number of ether oxygens (including phenoxy) is 1. The minimum Gasteiger partial charge on any atom is -0.458 e. The molecule has 6 nitrogen and oxygen atoms in total. The topological polar surface area (TPSA) is 69.3 Å². The van der Waals surface area contributed by atoms with E-state index in [2.05, 4.69) is 10.4 Å². The fraction of sp³-hybridized carbons (Fsp3) is 0.263. The van der Waals surface area contributed by atoms with Crippen molar-refractivity contribution >= 4 is 11.8 Å². The molecule has 1 N–H and O–H groups in total. The lowest BCUT2D eigenvalue weighted by Crippen LogP contribution is -2.13. The molecule has 142 valence electrons. The van der Waals surface area contributed by atoms with Crippen LogP contribution in [0.4, 0.5) is 19.3 Å². The van der Waals surface area contributed by atoms with E-state index in [4.69, 9.17) is 9.15 Å². The summed E-state index contributed by atoms with van der Waals surface area (Å²) in [4.78, 5) is 11.9. The first-order valence-corrected chi connectivity index (χ1v) is 8.29. The Kier molecular flexibility index (Phi) is 5.25. The van der Waals surface area contributed by atoms with Crippen molar-refractivity contribution in [3.05, 3.63) is 71.4 Å². The molecular weight excluding hydrogens is 356 g/mol. The van der Waals surface area contributed by atoms with Crippen molar-refractivity contribution in [2.45, 2.75) is 32.9 Å². The van der Waals surface area contributed by atoms with Crippen molar-refractivity contribution in [2.24, 2.45) is 0 Å². The minimum absolute atomic E-state index is 0.160. The van der Waals surface area contributed by atoms with Crippen molar-refractivity contribution in [1.29, 1.82) is 0 Å². The maximum Gasteiger partial charge on any atom is 0.412 e. The van der Waals surface area contributed by atoms with Gasteiger partial charge in [-0.25, -0.2) is 4.79 Å². The van der Waals surface area contributed by atoms with Crippen LogP contribution in [0, 0.1) is 6.92 Å². The number of hydrogen-bond acceptors (Lipinski definition) is 4. The van der Waals surface area contributed by atoms with Gasteiger partial charge in [0.15, 0.2) is 5.76 Å². The van der Waals surface area contributed by atoms with Crippen LogP contribution >= 0.6 is 0 Å². The Bertz CT molecular complexity index is 928. The predicted octanol–water partition coefficient (Wildman–Crippen LogP) is 4.69. The smallest absolute Gasteiger partial charge is 0.412 e. The monoisotopic (exact) mass is 375 g/mol. The predicted molar refractivity (Wildman–Crippen MR) is 94.6 cm³/mol. The van der Waals surface area contributed by atoms with Gasteiger partial charge in [0.1, 0.15) is 12.4 Å². The molecule has 0 unspecified atom stereocenters. The molecule has 3 aromatic rings. The van der Waals surface area contributed by atoms with Crippen molar-refractivity contribution < 1.29 is 22.7 Å². The van der Waals surface area contributed by atoms with Gasteiger partial charge in [-0.2, -0.15) is 13.9 Å². The molecule has 2 aromatic heterocycles. The van der Waals surface area contributed by atoms with Crippen molar-refractivity contribution in [1.82, 2.24) is 9.78 Å². The molecule has 0 saturated heterocycles. The van der Waals surface area contributed by atoms with Gasteiger partial charge in [-0.15, -0.1) is 0 Å². The molecule has 3 rings (SSSR count). The van der Waals surface area contributed by atoms with Gasteiger partial charge >= 0.3 is 12.0 Å². The van der Waals surface area contributed by atoms with E-state index in [0.717, 1.165) is 18.1 Å². The molecule has 0 aliphatic heterocycles. The summed E-state index contributed by atoms with van der Waals surface area (Å²) in [7, 11) is 0. The number of alkyl halides is 2. The van der Waals surface area contributed by atoms with Crippen LogP contribution in [-0.2, 0) is 23.8 Å². The molecule has 0 spiro atoms. The third kappa shape index (κ3) is 4.93. The highest BCUT2D eigenvalue weighted by Gasteiger charge is 2.28. The van der Waals surface area contributed by atoms with Crippen LogP contribution < -0.4 is 5.32 Å². The Hall–Kier alpha value is -3.16. The van der Waals surface area contributed by atoms with Crippen LogP contribution in [-0.4, -0.2) is 15.9 Å². The second kappa shape index (κ2) is 7.61. The van der Waals surface area contributed by atoms with Gasteiger partial charge in [0.25, 0.3) is 0 Å². The van der Waals surface area contributed by atoms with Gasteiger partial charge in [-0.3, -0.25) is 10.00 Å². The van der Waals surface area contributed by atoms with Gasteiger partial charge in [0.05, 0.1) is 18.4 Å². The SMILES string of the molecule is Cc1ccccc1COC(=O)Nc1cnn(Cc2ccc(C(C)(F)F)o2)c1. The number of nitrogens with zero attached hydrogens (tertiary/aromatic N) is 2. The van der Waals surface area contributed by atoms with E-state index >= 15 is 0 Å². The third-order valence-electron chi connectivity index (χ3n) is 3.91. The Morgan fingerprint density at radius 2 is 2.07 bits per heavy atom. The minimum atomic E-state index is -3.03. The van der Waals surface area contributed by atoms with E-state index in [1.807, 2.05) is 31.2 Å². The third-order valence-corrected chi connectivity index (χ3v) is 3.91. The number of halogens is 2. The highest BCUT2D eigenvalue weighted by Crippen LogP contribution is 2.28. The van der Waals surface area contributed by atoms with Crippen LogP contribution in [0.1, 0.15) is 29.6 Å². The molecule has 8 heteroatoms. The lowest BCUT2D eigenvalue weighted by Gasteiger charge is -2.07. The summed E-state index contributed by atoms with van der Waals surface area (Å²) in [5.74, 6) is -3.10. The highest BCUT2D eigenvalue weighted by molar-refractivity contribution is 5.84. The Morgan fingerprint density at radius 3 is 2.78 bits per heavy atom. The lowest BCUT2D eigenvalue weighted by atomic mass is 10.1. The van der Waals surface area contributed by atoms with Crippen molar-refractivity contribution in [2.75, 3.05) is 5.32 Å².